The molecular formula is C25H39FN2O2. The Morgan fingerprint density at radius 2 is 2.03 bits per heavy atom. The number of hydrogen-bond acceptors (Lipinski definition) is 4. The fourth-order valence-corrected chi connectivity index (χ4v) is 5.36. The van der Waals surface area contributed by atoms with Crippen molar-refractivity contribution >= 4 is 0 Å². The molecule has 0 aromatic rings. The van der Waals surface area contributed by atoms with Crippen LogP contribution >= 0.6 is 0 Å². The van der Waals surface area contributed by atoms with E-state index in [4.69, 9.17) is 15.2 Å². The highest BCUT2D eigenvalue weighted by molar-refractivity contribution is 5.36. The molecule has 3 aliphatic rings. The number of ether oxygens (including phenoxy) is 2. The van der Waals surface area contributed by atoms with Gasteiger partial charge in [-0.1, -0.05) is 12.2 Å². The van der Waals surface area contributed by atoms with Crippen LogP contribution in [0.3, 0.4) is 0 Å². The number of nitrogens with zero attached hydrogens (tertiary/aromatic N) is 1. The zero-order chi connectivity index (χ0) is 21.5. The first-order chi connectivity index (χ1) is 14.6. The van der Waals surface area contributed by atoms with Gasteiger partial charge in [-0.15, -0.1) is 0 Å². The van der Waals surface area contributed by atoms with Gasteiger partial charge in [0.1, 0.15) is 17.3 Å². The molecule has 2 aliphatic carbocycles. The Morgan fingerprint density at radius 3 is 2.77 bits per heavy atom. The summed E-state index contributed by atoms with van der Waals surface area (Å²) in [5.41, 5.74) is 7.43. The van der Waals surface area contributed by atoms with Gasteiger partial charge in [0, 0.05) is 36.5 Å². The van der Waals surface area contributed by atoms with Gasteiger partial charge in [0.2, 0.25) is 0 Å². The van der Waals surface area contributed by atoms with E-state index in [0.717, 1.165) is 43.0 Å². The van der Waals surface area contributed by atoms with Gasteiger partial charge in [0.25, 0.3) is 0 Å². The van der Waals surface area contributed by atoms with Crippen LogP contribution in [0.15, 0.2) is 47.2 Å². The maximum atomic E-state index is 13.5. The molecule has 0 amide bonds. The van der Waals surface area contributed by atoms with Gasteiger partial charge in [-0.05, 0) is 77.5 Å². The molecule has 30 heavy (non-hydrogen) atoms. The molecule has 0 aromatic heterocycles. The van der Waals surface area contributed by atoms with Crippen molar-refractivity contribution in [2.75, 3.05) is 26.3 Å². The molecule has 4 unspecified atom stereocenters. The Kier molecular flexibility index (Phi) is 8.58. The van der Waals surface area contributed by atoms with E-state index in [1.807, 2.05) is 19.9 Å². The second-order valence-electron chi connectivity index (χ2n) is 8.65. The molecule has 1 saturated carbocycles. The van der Waals surface area contributed by atoms with E-state index in [0.29, 0.717) is 43.6 Å². The van der Waals surface area contributed by atoms with Gasteiger partial charge in [-0.3, -0.25) is 4.90 Å². The third-order valence-electron chi connectivity index (χ3n) is 6.72. The van der Waals surface area contributed by atoms with Crippen molar-refractivity contribution in [3.63, 3.8) is 0 Å². The summed E-state index contributed by atoms with van der Waals surface area (Å²) in [5, 5.41) is 0. The van der Waals surface area contributed by atoms with Crippen LogP contribution in [-0.2, 0) is 9.47 Å². The van der Waals surface area contributed by atoms with Crippen LogP contribution in [0, 0.1) is 11.8 Å². The maximum absolute atomic E-state index is 13.5. The smallest absolute Gasteiger partial charge is 0.122 e. The van der Waals surface area contributed by atoms with Crippen LogP contribution in [0.2, 0.25) is 0 Å². The number of piperidine rings is 1. The number of likely N-dealkylation sites (tertiary alicyclic amines) is 1. The first kappa shape index (κ1) is 23.1. The van der Waals surface area contributed by atoms with Gasteiger partial charge in [0.05, 0.1) is 13.2 Å². The predicted molar refractivity (Wildman–Crippen MR) is 120 cm³/mol. The summed E-state index contributed by atoms with van der Waals surface area (Å²) in [6.45, 7) is 9.14. The number of nitrogens with two attached hydrogens (primary N) is 1. The average Bonchev–Trinajstić information content (AvgIpc) is 3.12. The minimum absolute atomic E-state index is 0.224. The number of halogens is 1. The van der Waals surface area contributed by atoms with Crippen LogP contribution < -0.4 is 5.73 Å². The fourth-order valence-electron chi connectivity index (χ4n) is 5.36. The normalized spacial score (nSPS) is 30.6. The van der Waals surface area contributed by atoms with E-state index in [1.54, 1.807) is 6.92 Å². The van der Waals surface area contributed by atoms with Crippen molar-refractivity contribution in [2.45, 2.75) is 71.4 Å². The fraction of sp³-hybridized carbons (Fsp3) is 0.680. The monoisotopic (exact) mass is 418 g/mol. The minimum atomic E-state index is -0.224. The highest BCUT2D eigenvalue weighted by Crippen LogP contribution is 2.39. The summed E-state index contributed by atoms with van der Waals surface area (Å²) in [4.78, 5) is 2.67. The summed E-state index contributed by atoms with van der Waals surface area (Å²) in [5.74, 6) is 2.69. The standard InChI is InChI=1S/C25H39FN2O2/c1-4-19(26)9-7-10-21-24(29-5-2)15-18(16-25(21)30-6-3)17-28-14-8-11-20-22(27)12-13-23(20)28/h4,7,9,15,18,20,22-23H,5-6,8,10-14,16-17,27H2,1-3H3/b9-7-,19-4+. The molecule has 168 valence electrons. The molecule has 3 rings (SSSR count). The Bertz CT molecular complexity index is 697. The Hall–Kier alpha value is -1.59. The largest absolute Gasteiger partial charge is 0.498 e. The van der Waals surface area contributed by atoms with E-state index in [9.17, 15) is 4.39 Å². The van der Waals surface area contributed by atoms with Crippen molar-refractivity contribution < 1.29 is 13.9 Å². The molecule has 5 heteroatoms. The van der Waals surface area contributed by atoms with Gasteiger partial charge in [-0.25, -0.2) is 4.39 Å². The lowest BCUT2D eigenvalue weighted by molar-refractivity contribution is 0.0903. The number of rotatable bonds is 9. The van der Waals surface area contributed by atoms with Crippen molar-refractivity contribution in [1.82, 2.24) is 4.90 Å². The lowest BCUT2D eigenvalue weighted by atomic mass is 9.87. The van der Waals surface area contributed by atoms with Crippen molar-refractivity contribution in [3.05, 3.63) is 47.2 Å². The summed E-state index contributed by atoms with van der Waals surface area (Å²) < 4.78 is 25.6. The summed E-state index contributed by atoms with van der Waals surface area (Å²) in [6.07, 6.45) is 13.5. The van der Waals surface area contributed by atoms with Crippen LogP contribution in [0.25, 0.3) is 0 Å². The van der Waals surface area contributed by atoms with Crippen LogP contribution in [-0.4, -0.2) is 43.3 Å². The Morgan fingerprint density at radius 1 is 1.23 bits per heavy atom. The molecule has 2 N–H and O–H groups in total. The highest BCUT2D eigenvalue weighted by Gasteiger charge is 2.40. The van der Waals surface area contributed by atoms with Crippen LogP contribution in [0.5, 0.6) is 0 Å². The second kappa shape index (κ2) is 11.1. The maximum Gasteiger partial charge on any atom is 0.122 e. The first-order valence-electron chi connectivity index (χ1n) is 11.7. The van der Waals surface area contributed by atoms with E-state index in [1.165, 1.54) is 31.4 Å². The SMILES string of the molecule is C/C=C(F)\C=C/CC1=C(OCC)CC(CN2CCCC3C(N)CCC32)C=C1OCC. The van der Waals surface area contributed by atoms with E-state index in [2.05, 4.69) is 11.0 Å². The summed E-state index contributed by atoms with van der Waals surface area (Å²) in [7, 11) is 0. The van der Waals surface area contributed by atoms with Crippen molar-refractivity contribution in [2.24, 2.45) is 17.6 Å². The molecule has 0 bridgehead atoms. The average molecular weight is 419 g/mol. The van der Waals surface area contributed by atoms with Crippen LogP contribution in [0.1, 0.15) is 59.3 Å². The molecule has 1 heterocycles. The molecule has 0 spiro atoms. The van der Waals surface area contributed by atoms with Gasteiger partial charge in [-0.2, -0.15) is 0 Å². The Balaban J connectivity index is 1.75. The number of fused-ring (bicyclic) bond motifs is 1. The first-order valence-corrected chi connectivity index (χ1v) is 11.7. The molecule has 1 aliphatic heterocycles. The molecule has 0 aromatic carbocycles. The molecule has 0 radical (unpaired) electrons. The van der Waals surface area contributed by atoms with Gasteiger partial charge in [0.15, 0.2) is 0 Å². The molecule has 4 atom stereocenters. The van der Waals surface area contributed by atoms with E-state index in [-0.39, 0.29) is 5.83 Å². The molecular weight excluding hydrogens is 379 g/mol. The third kappa shape index (κ3) is 5.55. The quantitative estimate of drug-likeness (QED) is 0.520. The van der Waals surface area contributed by atoms with Crippen LogP contribution in [0.4, 0.5) is 4.39 Å². The van der Waals surface area contributed by atoms with E-state index >= 15 is 0 Å². The van der Waals surface area contributed by atoms with Crippen molar-refractivity contribution in [3.8, 4) is 0 Å². The van der Waals surface area contributed by atoms with Gasteiger partial charge >= 0.3 is 0 Å². The third-order valence-corrected chi connectivity index (χ3v) is 6.72. The molecule has 2 fully saturated rings. The number of allylic oxidation sites excluding steroid dienone is 6. The highest BCUT2D eigenvalue weighted by atomic mass is 19.1. The lowest BCUT2D eigenvalue weighted by Gasteiger charge is -2.41. The minimum Gasteiger partial charge on any atom is -0.498 e. The predicted octanol–water partition coefficient (Wildman–Crippen LogP) is 5.24. The Labute approximate surface area is 181 Å². The number of hydrogen-bond donors (Lipinski definition) is 1. The van der Waals surface area contributed by atoms with E-state index < -0.39 is 0 Å². The second-order valence-corrected chi connectivity index (χ2v) is 8.65. The lowest BCUT2D eigenvalue weighted by Crippen LogP contribution is -2.48. The summed E-state index contributed by atoms with van der Waals surface area (Å²) in [6, 6.07) is 0.999. The molecule has 1 saturated heterocycles. The molecule has 4 nitrogen and oxygen atoms in total. The topological polar surface area (TPSA) is 47.7 Å². The zero-order valence-corrected chi connectivity index (χ0v) is 18.9. The zero-order valence-electron chi connectivity index (χ0n) is 18.9. The summed E-state index contributed by atoms with van der Waals surface area (Å²) >= 11 is 0. The van der Waals surface area contributed by atoms with Gasteiger partial charge < -0.3 is 15.2 Å². The van der Waals surface area contributed by atoms with Crippen molar-refractivity contribution in [1.29, 1.82) is 0 Å².